The van der Waals surface area contributed by atoms with Crippen LogP contribution in [-0.4, -0.2) is 38.7 Å². The van der Waals surface area contributed by atoms with Crippen molar-refractivity contribution in [2.24, 2.45) is 10.9 Å². The number of carbonyl (C=O) groups is 1. The number of hydrogen-bond acceptors (Lipinski definition) is 3. The topological polar surface area (TPSA) is 62.7 Å². The van der Waals surface area contributed by atoms with Gasteiger partial charge in [-0.2, -0.15) is 0 Å². The lowest BCUT2D eigenvalue weighted by Gasteiger charge is -2.17. The minimum atomic E-state index is -0.216. The summed E-state index contributed by atoms with van der Waals surface area (Å²) in [6, 6.07) is 0.361. The van der Waals surface area contributed by atoms with Crippen LogP contribution in [0.2, 0.25) is 0 Å². The predicted octanol–water partition coefficient (Wildman–Crippen LogP) is 0.759. The Balaban J connectivity index is 4.02. The smallest absolute Gasteiger partial charge is 0.310 e. The van der Waals surface area contributed by atoms with E-state index in [9.17, 15) is 4.79 Å². The Morgan fingerprint density at radius 2 is 2.06 bits per heavy atom. The van der Waals surface area contributed by atoms with Crippen LogP contribution in [0.25, 0.3) is 0 Å². The van der Waals surface area contributed by atoms with Crippen LogP contribution >= 0.6 is 0 Å². The van der Waals surface area contributed by atoms with Gasteiger partial charge in [-0.15, -0.1) is 0 Å². The molecule has 0 spiro atoms. The van der Waals surface area contributed by atoms with Crippen LogP contribution in [0.1, 0.15) is 27.2 Å². The van der Waals surface area contributed by atoms with Gasteiger partial charge in [-0.25, -0.2) is 0 Å². The molecule has 0 bridgehead atoms. The number of carbonyl (C=O) groups excluding carboxylic acids is 1. The van der Waals surface area contributed by atoms with Gasteiger partial charge in [0.2, 0.25) is 0 Å². The van der Waals surface area contributed by atoms with Gasteiger partial charge < -0.3 is 15.4 Å². The third-order valence-corrected chi connectivity index (χ3v) is 2.40. The molecule has 94 valence electrons. The molecule has 0 aliphatic rings. The van der Waals surface area contributed by atoms with E-state index in [-0.39, 0.29) is 11.9 Å². The molecule has 0 heterocycles. The fourth-order valence-corrected chi connectivity index (χ4v) is 1.06. The molecule has 0 rings (SSSR count). The molecular formula is C11H23N3O2. The standard InChI is InChI=1S/C11H23N3O2/c1-6-9(3)14-11(12-4)13-7-8(2)10(15)16-5/h8-9H,6-7H2,1-5H3,(H2,12,13,14). The van der Waals surface area contributed by atoms with E-state index >= 15 is 0 Å². The molecule has 0 fully saturated rings. The summed E-state index contributed by atoms with van der Waals surface area (Å²) in [4.78, 5) is 15.2. The summed E-state index contributed by atoms with van der Waals surface area (Å²) < 4.78 is 4.64. The highest BCUT2D eigenvalue weighted by atomic mass is 16.5. The van der Waals surface area contributed by atoms with Crippen LogP contribution in [0.5, 0.6) is 0 Å². The van der Waals surface area contributed by atoms with Crippen LogP contribution in [0.4, 0.5) is 0 Å². The summed E-state index contributed by atoms with van der Waals surface area (Å²) in [6.07, 6.45) is 1.02. The lowest BCUT2D eigenvalue weighted by Crippen LogP contribution is -2.44. The fraction of sp³-hybridized carbons (Fsp3) is 0.818. The van der Waals surface area contributed by atoms with Crippen LogP contribution in [0, 0.1) is 5.92 Å². The van der Waals surface area contributed by atoms with Crippen LogP contribution in [0.15, 0.2) is 4.99 Å². The fourth-order valence-electron chi connectivity index (χ4n) is 1.06. The normalized spacial score (nSPS) is 15.2. The molecule has 0 radical (unpaired) electrons. The molecule has 0 aromatic heterocycles. The lowest BCUT2D eigenvalue weighted by atomic mass is 10.2. The molecule has 0 aliphatic carbocycles. The molecule has 0 saturated carbocycles. The average molecular weight is 229 g/mol. The summed E-state index contributed by atoms with van der Waals surface area (Å²) in [5.74, 6) is 0.317. The van der Waals surface area contributed by atoms with Crippen LogP contribution < -0.4 is 10.6 Å². The van der Waals surface area contributed by atoms with Gasteiger partial charge in [0, 0.05) is 19.6 Å². The first kappa shape index (κ1) is 14.7. The number of methoxy groups -OCH3 is 1. The Bertz CT molecular complexity index is 241. The minimum absolute atomic E-state index is 0.180. The van der Waals surface area contributed by atoms with Gasteiger partial charge >= 0.3 is 5.97 Å². The molecule has 2 N–H and O–H groups in total. The summed E-state index contributed by atoms with van der Waals surface area (Å²) in [7, 11) is 3.10. The second-order valence-electron chi connectivity index (χ2n) is 3.83. The zero-order valence-electron chi connectivity index (χ0n) is 10.8. The zero-order valence-corrected chi connectivity index (χ0v) is 10.8. The quantitative estimate of drug-likeness (QED) is 0.415. The summed E-state index contributed by atoms with van der Waals surface area (Å²) in [6.45, 7) is 6.51. The highest BCUT2D eigenvalue weighted by Gasteiger charge is 2.13. The van der Waals surface area contributed by atoms with Gasteiger partial charge in [-0.1, -0.05) is 13.8 Å². The largest absolute Gasteiger partial charge is 0.469 e. The highest BCUT2D eigenvalue weighted by molar-refractivity contribution is 5.80. The number of hydrogen-bond donors (Lipinski definition) is 2. The number of guanidine groups is 1. The van der Waals surface area contributed by atoms with Gasteiger partial charge in [-0.3, -0.25) is 9.79 Å². The van der Waals surface area contributed by atoms with Crippen molar-refractivity contribution in [3.8, 4) is 0 Å². The van der Waals surface area contributed by atoms with Crippen LogP contribution in [0.3, 0.4) is 0 Å². The molecule has 0 aromatic rings. The van der Waals surface area contributed by atoms with Gasteiger partial charge in [0.1, 0.15) is 0 Å². The SMILES string of the molecule is CCC(C)NC(=NC)NCC(C)C(=O)OC. The highest BCUT2D eigenvalue weighted by Crippen LogP contribution is 1.95. The third-order valence-electron chi connectivity index (χ3n) is 2.40. The number of ether oxygens (including phenoxy) is 1. The Morgan fingerprint density at radius 3 is 2.50 bits per heavy atom. The Hall–Kier alpha value is -1.26. The summed E-state index contributed by atoms with van der Waals surface area (Å²) in [5, 5.41) is 6.30. The monoisotopic (exact) mass is 229 g/mol. The molecule has 5 nitrogen and oxygen atoms in total. The van der Waals surface area contributed by atoms with Gasteiger partial charge in [0.15, 0.2) is 5.96 Å². The summed E-state index contributed by atoms with van der Waals surface area (Å²) >= 11 is 0. The van der Waals surface area contributed by atoms with Crippen molar-refractivity contribution in [3.63, 3.8) is 0 Å². The maximum absolute atomic E-state index is 11.2. The maximum Gasteiger partial charge on any atom is 0.310 e. The molecule has 0 amide bonds. The number of rotatable bonds is 5. The van der Waals surface area contributed by atoms with Crippen molar-refractivity contribution in [1.29, 1.82) is 0 Å². The molecule has 2 atom stereocenters. The van der Waals surface area contributed by atoms with Crippen molar-refractivity contribution in [2.75, 3.05) is 20.7 Å². The van der Waals surface area contributed by atoms with Crippen molar-refractivity contribution in [2.45, 2.75) is 33.2 Å². The van der Waals surface area contributed by atoms with E-state index < -0.39 is 0 Å². The molecule has 5 heteroatoms. The molecule has 0 saturated heterocycles. The number of nitrogens with zero attached hydrogens (tertiary/aromatic N) is 1. The molecule has 0 aliphatic heterocycles. The van der Waals surface area contributed by atoms with E-state index in [2.05, 4.69) is 34.2 Å². The number of nitrogens with one attached hydrogen (secondary N) is 2. The first-order chi connectivity index (χ1) is 7.54. The molecular weight excluding hydrogens is 206 g/mol. The maximum atomic E-state index is 11.2. The first-order valence-corrected chi connectivity index (χ1v) is 5.60. The van der Waals surface area contributed by atoms with Gasteiger partial charge in [0.25, 0.3) is 0 Å². The van der Waals surface area contributed by atoms with Crippen LogP contribution in [-0.2, 0) is 9.53 Å². The number of esters is 1. The van der Waals surface area contributed by atoms with Crippen molar-refractivity contribution >= 4 is 11.9 Å². The minimum Gasteiger partial charge on any atom is -0.469 e. The van der Waals surface area contributed by atoms with Gasteiger partial charge in [0.05, 0.1) is 13.0 Å². The van der Waals surface area contributed by atoms with Gasteiger partial charge in [-0.05, 0) is 13.3 Å². The molecule has 2 unspecified atom stereocenters. The second kappa shape index (κ2) is 7.96. The number of aliphatic imine (C=N–C) groups is 1. The molecule has 16 heavy (non-hydrogen) atoms. The van der Waals surface area contributed by atoms with Crippen molar-refractivity contribution in [3.05, 3.63) is 0 Å². The van der Waals surface area contributed by atoms with Crippen molar-refractivity contribution < 1.29 is 9.53 Å². The average Bonchev–Trinajstić information content (AvgIpc) is 2.32. The Kier molecular flexibility index (Phi) is 7.33. The predicted molar refractivity (Wildman–Crippen MR) is 65.4 cm³/mol. The van der Waals surface area contributed by atoms with E-state index in [4.69, 9.17) is 0 Å². The third kappa shape index (κ3) is 5.58. The van der Waals surface area contributed by atoms with E-state index in [1.807, 2.05) is 6.92 Å². The van der Waals surface area contributed by atoms with E-state index in [0.29, 0.717) is 18.5 Å². The zero-order chi connectivity index (χ0) is 12.6. The van der Waals surface area contributed by atoms with E-state index in [1.165, 1.54) is 7.11 Å². The van der Waals surface area contributed by atoms with E-state index in [1.54, 1.807) is 7.05 Å². The van der Waals surface area contributed by atoms with Crippen molar-refractivity contribution in [1.82, 2.24) is 10.6 Å². The Labute approximate surface area is 97.7 Å². The second-order valence-corrected chi connectivity index (χ2v) is 3.83. The van der Waals surface area contributed by atoms with E-state index in [0.717, 1.165) is 6.42 Å². The molecule has 0 aromatic carbocycles. The summed E-state index contributed by atoms with van der Waals surface area (Å²) in [5.41, 5.74) is 0. The Morgan fingerprint density at radius 1 is 1.44 bits per heavy atom. The lowest BCUT2D eigenvalue weighted by molar-refractivity contribution is -0.144. The first-order valence-electron chi connectivity index (χ1n) is 5.60.